The van der Waals surface area contributed by atoms with E-state index in [4.69, 9.17) is 0 Å². The van der Waals surface area contributed by atoms with Gasteiger partial charge in [0.05, 0.1) is 18.4 Å². The predicted molar refractivity (Wildman–Crippen MR) is 104 cm³/mol. The van der Waals surface area contributed by atoms with Crippen LogP contribution in [0.1, 0.15) is 16.8 Å². The van der Waals surface area contributed by atoms with E-state index in [2.05, 4.69) is 10.4 Å². The molecule has 3 rings (SSSR count). The van der Waals surface area contributed by atoms with Gasteiger partial charge in [-0.2, -0.15) is 5.10 Å². The van der Waals surface area contributed by atoms with Crippen LogP contribution >= 0.6 is 0 Å². The normalized spacial score (nSPS) is 12.0. The minimum absolute atomic E-state index is 0.142. The summed E-state index contributed by atoms with van der Waals surface area (Å²) < 4.78 is 15.5. The fourth-order valence-electron chi connectivity index (χ4n) is 2.96. The third-order valence-electron chi connectivity index (χ3n) is 4.29. The molecule has 6 heteroatoms. The highest BCUT2D eigenvalue weighted by atomic mass is 19.1. The smallest absolute Gasteiger partial charge is 0.280 e. The van der Waals surface area contributed by atoms with Crippen molar-refractivity contribution in [3.8, 4) is 5.69 Å². The monoisotopic (exact) mass is 367 g/mol. The number of anilines is 1. The van der Waals surface area contributed by atoms with E-state index in [9.17, 15) is 9.18 Å². The Kier molecular flexibility index (Phi) is 5.66. The number of aromatic nitrogens is 2. The van der Waals surface area contributed by atoms with Gasteiger partial charge in [0, 0.05) is 11.6 Å². The maximum absolute atomic E-state index is 13.8. The SMILES string of the molecule is Cc1ccc(-n2nc(C)cc2NC(=O)C[NH+](C)Cc2ccccc2F)cc1. The highest BCUT2D eigenvalue weighted by molar-refractivity contribution is 5.91. The summed E-state index contributed by atoms with van der Waals surface area (Å²) in [4.78, 5) is 13.4. The second-order valence-electron chi connectivity index (χ2n) is 6.87. The lowest BCUT2D eigenvalue weighted by Crippen LogP contribution is -3.08. The van der Waals surface area contributed by atoms with Gasteiger partial charge in [0.15, 0.2) is 6.54 Å². The van der Waals surface area contributed by atoms with Crippen LogP contribution in [0.15, 0.2) is 54.6 Å². The van der Waals surface area contributed by atoms with Gasteiger partial charge >= 0.3 is 0 Å². The molecular formula is C21H24FN4O+. The second-order valence-corrected chi connectivity index (χ2v) is 6.87. The standard InChI is InChI=1S/C21H23FN4O/c1-15-8-10-18(11-9-15)26-20(12-16(2)24-26)23-21(27)14-25(3)13-17-6-4-5-7-19(17)22/h4-12H,13-14H2,1-3H3,(H,23,27)/p+1. The van der Waals surface area contributed by atoms with Crippen LogP contribution in [0.3, 0.4) is 0 Å². The van der Waals surface area contributed by atoms with Gasteiger partial charge in [-0.15, -0.1) is 0 Å². The van der Waals surface area contributed by atoms with Crippen LogP contribution < -0.4 is 10.2 Å². The molecule has 1 unspecified atom stereocenters. The van der Waals surface area contributed by atoms with Crippen molar-refractivity contribution in [3.63, 3.8) is 0 Å². The first kappa shape index (κ1) is 18.8. The van der Waals surface area contributed by atoms with Gasteiger partial charge in [0.25, 0.3) is 5.91 Å². The summed E-state index contributed by atoms with van der Waals surface area (Å²) in [5.74, 6) is 0.238. The molecular weight excluding hydrogens is 343 g/mol. The number of aryl methyl sites for hydroxylation is 2. The van der Waals surface area contributed by atoms with E-state index >= 15 is 0 Å². The number of carbonyl (C=O) groups is 1. The number of nitrogens with one attached hydrogen (secondary N) is 2. The first-order valence-electron chi connectivity index (χ1n) is 8.90. The molecule has 0 aliphatic carbocycles. The van der Waals surface area contributed by atoms with Crippen molar-refractivity contribution < 1.29 is 14.1 Å². The van der Waals surface area contributed by atoms with Crippen molar-refractivity contribution in [2.75, 3.05) is 18.9 Å². The largest absolute Gasteiger partial charge is 0.326 e. The molecule has 1 heterocycles. The second kappa shape index (κ2) is 8.14. The Morgan fingerprint density at radius 3 is 2.56 bits per heavy atom. The van der Waals surface area contributed by atoms with Gasteiger partial charge < -0.3 is 10.2 Å². The lowest BCUT2D eigenvalue weighted by Gasteiger charge is -2.15. The first-order valence-corrected chi connectivity index (χ1v) is 8.90. The number of benzene rings is 2. The van der Waals surface area contributed by atoms with Gasteiger partial charge in [-0.25, -0.2) is 9.07 Å². The molecule has 1 atom stereocenters. The molecule has 1 amide bonds. The van der Waals surface area contributed by atoms with Gasteiger partial charge in [-0.3, -0.25) is 4.79 Å². The van der Waals surface area contributed by atoms with E-state index in [1.165, 1.54) is 6.07 Å². The van der Waals surface area contributed by atoms with Crippen molar-refractivity contribution in [1.29, 1.82) is 0 Å². The Hall–Kier alpha value is -2.99. The van der Waals surface area contributed by atoms with Gasteiger partial charge in [-0.05, 0) is 32.0 Å². The Morgan fingerprint density at radius 2 is 1.85 bits per heavy atom. The van der Waals surface area contributed by atoms with E-state index < -0.39 is 0 Å². The van der Waals surface area contributed by atoms with Crippen LogP contribution in [0, 0.1) is 19.7 Å². The van der Waals surface area contributed by atoms with E-state index in [1.54, 1.807) is 22.9 Å². The van der Waals surface area contributed by atoms with Crippen molar-refractivity contribution in [2.24, 2.45) is 0 Å². The summed E-state index contributed by atoms with van der Waals surface area (Å²) in [6.45, 7) is 4.58. The summed E-state index contributed by atoms with van der Waals surface area (Å²) in [5.41, 5.74) is 3.46. The first-order chi connectivity index (χ1) is 12.9. The summed E-state index contributed by atoms with van der Waals surface area (Å²) in [7, 11) is 1.87. The fraction of sp³-hybridized carbons (Fsp3) is 0.238. The molecule has 0 saturated heterocycles. The van der Waals surface area contributed by atoms with E-state index in [0.717, 1.165) is 21.8 Å². The van der Waals surface area contributed by atoms with Crippen molar-refractivity contribution in [1.82, 2.24) is 9.78 Å². The van der Waals surface area contributed by atoms with Crippen LogP contribution in [-0.2, 0) is 11.3 Å². The zero-order valence-electron chi connectivity index (χ0n) is 15.8. The fourth-order valence-corrected chi connectivity index (χ4v) is 2.96. The average molecular weight is 367 g/mol. The molecule has 3 aromatic rings. The van der Waals surface area contributed by atoms with Crippen LogP contribution in [0.25, 0.3) is 5.69 Å². The van der Waals surface area contributed by atoms with Gasteiger partial charge in [-0.1, -0.05) is 35.9 Å². The summed E-state index contributed by atoms with van der Waals surface area (Å²) >= 11 is 0. The molecule has 0 aliphatic rings. The number of halogens is 1. The minimum Gasteiger partial charge on any atom is -0.326 e. The maximum Gasteiger partial charge on any atom is 0.280 e. The molecule has 2 N–H and O–H groups in total. The number of quaternary nitrogens is 1. The number of amides is 1. The molecule has 0 fully saturated rings. The molecule has 2 aromatic carbocycles. The van der Waals surface area contributed by atoms with Crippen LogP contribution in [0.5, 0.6) is 0 Å². The predicted octanol–water partition coefficient (Wildman–Crippen LogP) is 2.28. The summed E-state index contributed by atoms with van der Waals surface area (Å²) in [6.07, 6.45) is 0. The lowest BCUT2D eigenvalue weighted by molar-refractivity contribution is -0.885. The Balaban J connectivity index is 1.67. The maximum atomic E-state index is 13.8. The Labute approximate surface area is 158 Å². The molecule has 0 aliphatic heterocycles. The van der Waals surface area contributed by atoms with Gasteiger partial charge in [0.1, 0.15) is 18.2 Å². The third kappa shape index (κ3) is 4.80. The number of hydrogen-bond acceptors (Lipinski definition) is 2. The van der Waals surface area contributed by atoms with Crippen molar-refractivity contribution in [3.05, 3.63) is 77.2 Å². The number of rotatable bonds is 6. The average Bonchev–Trinajstić information content (AvgIpc) is 2.97. The quantitative estimate of drug-likeness (QED) is 0.702. The molecule has 140 valence electrons. The Morgan fingerprint density at radius 1 is 1.15 bits per heavy atom. The van der Waals surface area contributed by atoms with Crippen LogP contribution in [0.4, 0.5) is 10.2 Å². The molecule has 0 spiro atoms. The third-order valence-corrected chi connectivity index (χ3v) is 4.29. The molecule has 0 radical (unpaired) electrons. The Bertz CT molecular complexity index is 934. The zero-order valence-corrected chi connectivity index (χ0v) is 15.8. The summed E-state index contributed by atoms with van der Waals surface area (Å²) in [5, 5.41) is 7.39. The number of hydrogen-bond donors (Lipinski definition) is 2. The minimum atomic E-state index is -0.245. The van der Waals surface area contributed by atoms with E-state index in [-0.39, 0.29) is 18.3 Å². The number of likely N-dealkylation sites (N-methyl/N-ethyl adjacent to an activating group) is 1. The van der Waals surface area contributed by atoms with Gasteiger partial charge in [0.2, 0.25) is 0 Å². The topological polar surface area (TPSA) is 51.4 Å². The number of carbonyl (C=O) groups excluding carboxylic acids is 1. The molecule has 27 heavy (non-hydrogen) atoms. The van der Waals surface area contributed by atoms with Crippen molar-refractivity contribution >= 4 is 11.7 Å². The van der Waals surface area contributed by atoms with Crippen LogP contribution in [-0.4, -0.2) is 29.3 Å². The van der Waals surface area contributed by atoms with E-state index in [1.807, 2.05) is 51.2 Å². The highest BCUT2D eigenvalue weighted by Crippen LogP contribution is 2.17. The molecule has 0 bridgehead atoms. The van der Waals surface area contributed by atoms with E-state index in [0.29, 0.717) is 17.9 Å². The zero-order chi connectivity index (χ0) is 19.4. The lowest BCUT2D eigenvalue weighted by atomic mass is 10.2. The van der Waals surface area contributed by atoms with Crippen LogP contribution in [0.2, 0.25) is 0 Å². The highest BCUT2D eigenvalue weighted by Gasteiger charge is 2.16. The molecule has 1 aromatic heterocycles. The molecule has 5 nitrogen and oxygen atoms in total. The summed E-state index contributed by atoms with van der Waals surface area (Å²) in [6, 6.07) is 16.4. The van der Waals surface area contributed by atoms with Crippen molar-refractivity contribution in [2.45, 2.75) is 20.4 Å². The number of nitrogens with zero attached hydrogens (tertiary/aromatic N) is 2. The molecule has 0 saturated carbocycles.